The third-order valence-electron chi connectivity index (χ3n) is 11.7. The van der Waals surface area contributed by atoms with E-state index in [1.165, 1.54) is 77.0 Å². The van der Waals surface area contributed by atoms with Crippen molar-refractivity contribution < 1.29 is 9.59 Å². The van der Waals surface area contributed by atoms with E-state index in [1.807, 2.05) is 0 Å². The normalized spacial score (nSPS) is 40.9. The molecule has 8 fully saturated rings. The summed E-state index contributed by atoms with van der Waals surface area (Å²) in [6.07, 6.45) is 15.8. The minimum Gasteiger partial charge on any atom is -0.267 e. The van der Waals surface area contributed by atoms with Crippen LogP contribution in [0.2, 0.25) is 0 Å². The Morgan fingerprint density at radius 2 is 0.842 bits per heavy atom. The van der Waals surface area contributed by atoms with Gasteiger partial charge < -0.3 is 0 Å². The van der Waals surface area contributed by atoms with Gasteiger partial charge in [-0.1, -0.05) is 0 Å². The highest BCUT2D eigenvalue weighted by Gasteiger charge is 2.53. The van der Waals surface area contributed by atoms with Gasteiger partial charge in [0, 0.05) is 33.4 Å². The number of carbonyl (C=O) groups is 2. The third-order valence-corrected chi connectivity index (χ3v) is 11.7. The predicted octanol–water partition coefficient (Wildman–Crippen LogP) is 6.33. The Balaban J connectivity index is 0.967. The number of nitrogens with zero attached hydrogens (tertiary/aromatic N) is 2. The van der Waals surface area contributed by atoms with Crippen molar-refractivity contribution in [3.05, 3.63) is 35.4 Å². The topological polar surface area (TPSA) is 82.9 Å². The molecule has 38 heavy (non-hydrogen) atoms. The maximum atomic E-state index is 12.8. The van der Waals surface area contributed by atoms with Crippen LogP contribution in [0.1, 0.15) is 112 Å². The third kappa shape index (κ3) is 4.23. The molecular weight excluding hydrogens is 472 g/mol. The van der Waals surface area contributed by atoms with Crippen LogP contribution in [-0.4, -0.2) is 23.2 Å². The zero-order valence-electron chi connectivity index (χ0n) is 23.0. The molecule has 9 rings (SSSR count). The first-order chi connectivity index (χ1) is 18.3. The highest BCUT2D eigenvalue weighted by Crippen LogP contribution is 2.61. The Bertz CT molecular complexity index is 1030. The number of rotatable bonds is 6. The van der Waals surface area contributed by atoms with E-state index in [-0.39, 0.29) is 22.6 Å². The molecule has 1 aromatic carbocycles. The van der Waals surface area contributed by atoms with Crippen molar-refractivity contribution in [1.29, 1.82) is 0 Å². The molecule has 0 unspecified atom stereocenters. The fourth-order valence-electron chi connectivity index (χ4n) is 10.5. The van der Waals surface area contributed by atoms with E-state index in [9.17, 15) is 9.59 Å². The van der Waals surface area contributed by atoms with Gasteiger partial charge in [0.1, 0.15) is 0 Å². The van der Waals surface area contributed by atoms with Gasteiger partial charge in [0.25, 0.3) is 11.8 Å². The standard InChI is InChI=1S/C32H42N4O2/c1-19(31-13-21-7-22(14-31)9-23(8-21)15-31)33-35-29(37)27-3-5-28(6-4-27)30(38)36-34-20(2)32-16-24-10-25(17-32)12-26(11-24)18-32/h3-6,21-26H,7-18H2,1-2H3,(H,35,37)(H,36,38). The maximum absolute atomic E-state index is 12.8. The van der Waals surface area contributed by atoms with E-state index in [1.54, 1.807) is 24.3 Å². The molecule has 6 nitrogen and oxygen atoms in total. The molecule has 0 saturated heterocycles. The molecule has 2 N–H and O–H groups in total. The molecule has 1 aromatic rings. The van der Waals surface area contributed by atoms with Crippen LogP contribution >= 0.6 is 0 Å². The van der Waals surface area contributed by atoms with Gasteiger partial charge in [-0.2, -0.15) is 10.2 Å². The lowest BCUT2D eigenvalue weighted by molar-refractivity contribution is -0.0129. The monoisotopic (exact) mass is 514 g/mol. The summed E-state index contributed by atoms with van der Waals surface area (Å²) in [4.78, 5) is 25.7. The predicted molar refractivity (Wildman–Crippen MR) is 149 cm³/mol. The summed E-state index contributed by atoms with van der Waals surface area (Å²) in [6, 6.07) is 6.82. The van der Waals surface area contributed by atoms with Crippen LogP contribution in [0.25, 0.3) is 0 Å². The summed E-state index contributed by atoms with van der Waals surface area (Å²) in [5.74, 6) is 4.64. The molecule has 0 spiro atoms. The van der Waals surface area contributed by atoms with Gasteiger partial charge in [-0.05, 0) is 151 Å². The van der Waals surface area contributed by atoms with E-state index in [4.69, 9.17) is 0 Å². The summed E-state index contributed by atoms with van der Waals surface area (Å²) >= 11 is 0. The first-order valence-corrected chi connectivity index (χ1v) is 15.1. The number of carbonyl (C=O) groups excluding carboxylic acids is 2. The van der Waals surface area contributed by atoms with Gasteiger partial charge in [-0.15, -0.1) is 0 Å². The largest absolute Gasteiger partial charge is 0.271 e. The fourth-order valence-corrected chi connectivity index (χ4v) is 10.5. The van der Waals surface area contributed by atoms with Crippen molar-refractivity contribution in [2.24, 2.45) is 56.5 Å². The molecule has 8 aliphatic carbocycles. The number of amides is 2. The smallest absolute Gasteiger partial charge is 0.267 e. The average molecular weight is 515 g/mol. The molecule has 8 aliphatic rings. The fraction of sp³-hybridized carbons (Fsp3) is 0.688. The molecular formula is C32H42N4O2. The zero-order chi connectivity index (χ0) is 26.1. The number of hydrazone groups is 2. The molecule has 0 atom stereocenters. The molecule has 6 heteroatoms. The van der Waals surface area contributed by atoms with Crippen molar-refractivity contribution in [2.45, 2.75) is 90.9 Å². The van der Waals surface area contributed by atoms with E-state index < -0.39 is 0 Å². The molecule has 0 radical (unpaired) electrons. The highest BCUT2D eigenvalue weighted by molar-refractivity contribution is 5.99. The van der Waals surface area contributed by atoms with Crippen molar-refractivity contribution in [3.8, 4) is 0 Å². The molecule has 8 bridgehead atoms. The van der Waals surface area contributed by atoms with Crippen LogP contribution in [0.4, 0.5) is 0 Å². The van der Waals surface area contributed by atoms with Gasteiger partial charge >= 0.3 is 0 Å². The summed E-state index contributed by atoms with van der Waals surface area (Å²) in [6.45, 7) is 4.21. The van der Waals surface area contributed by atoms with E-state index in [2.05, 4.69) is 34.9 Å². The molecule has 8 saturated carbocycles. The Morgan fingerprint density at radius 3 is 1.11 bits per heavy atom. The summed E-state index contributed by atoms with van der Waals surface area (Å²) in [5.41, 5.74) is 9.19. The van der Waals surface area contributed by atoms with Gasteiger partial charge in [0.2, 0.25) is 0 Å². The van der Waals surface area contributed by atoms with E-state index in [0.29, 0.717) is 11.1 Å². The Morgan fingerprint density at radius 1 is 0.579 bits per heavy atom. The van der Waals surface area contributed by atoms with Crippen LogP contribution in [0, 0.1) is 46.3 Å². The van der Waals surface area contributed by atoms with Crippen molar-refractivity contribution in [1.82, 2.24) is 10.9 Å². The summed E-state index contributed by atoms with van der Waals surface area (Å²) in [7, 11) is 0. The van der Waals surface area contributed by atoms with Gasteiger partial charge in [-0.25, -0.2) is 10.9 Å². The van der Waals surface area contributed by atoms with Crippen LogP contribution in [0.5, 0.6) is 0 Å². The average Bonchev–Trinajstić information content (AvgIpc) is 2.88. The lowest BCUT2D eigenvalue weighted by atomic mass is 9.48. The minimum atomic E-state index is -0.225. The van der Waals surface area contributed by atoms with E-state index in [0.717, 1.165) is 46.9 Å². The van der Waals surface area contributed by atoms with Crippen molar-refractivity contribution in [3.63, 3.8) is 0 Å². The number of hydrogen-bond acceptors (Lipinski definition) is 4. The highest BCUT2D eigenvalue weighted by atomic mass is 16.2. The van der Waals surface area contributed by atoms with Crippen LogP contribution in [0.3, 0.4) is 0 Å². The second kappa shape index (κ2) is 9.02. The second-order valence-electron chi connectivity index (χ2n) is 14.2. The quantitative estimate of drug-likeness (QED) is 0.343. The molecule has 0 aliphatic heterocycles. The first kappa shape index (κ1) is 24.5. The zero-order valence-corrected chi connectivity index (χ0v) is 23.0. The lowest BCUT2D eigenvalue weighted by Crippen LogP contribution is -2.49. The Hall–Kier alpha value is -2.50. The van der Waals surface area contributed by atoms with Gasteiger partial charge in [-0.3, -0.25) is 9.59 Å². The van der Waals surface area contributed by atoms with Crippen LogP contribution in [0.15, 0.2) is 34.5 Å². The minimum absolute atomic E-state index is 0.193. The van der Waals surface area contributed by atoms with E-state index >= 15 is 0 Å². The van der Waals surface area contributed by atoms with Crippen molar-refractivity contribution >= 4 is 23.2 Å². The molecule has 0 aromatic heterocycles. The molecule has 202 valence electrons. The number of nitrogens with one attached hydrogen (secondary N) is 2. The number of hydrogen-bond donors (Lipinski definition) is 2. The van der Waals surface area contributed by atoms with Crippen LogP contribution < -0.4 is 10.9 Å². The van der Waals surface area contributed by atoms with Gasteiger partial charge in [0.05, 0.1) is 0 Å². The first-order valence-electron chi connectivity index (χ1n) is 15.1. The SMILES string of the molecule is CC(=NNC(=O)c1ccc(C(=O)NN=C(C)C23CC4CC(CC(C4)C2)C3)cc1)C12CC3CC(CC(C3)C1)C2. The summed E-state index contributed by atoms with van der Waals surface area (Å²) < 4.78 is 0. The number of benzene rings is 1. The Kier molecular flexibility index (Phi) is 5.83. The molecule has 2 amide bonds. The molecule has 0 heterocycles. The second-order valence-corrected chi connectivity index (χ2v) is 14.2. The van der Waals surface area contributed by atoms with Crippen molar-refractivity contribution in [2.75, 3.05) is 0 Å². The lowest BCUT2D eigenvalue weighted by Gasteiger charge is -2.56. The summed E-state index contributed by atoms with van der Waals surface area (Å²) in [5, 5.41) is 9.19. The maximum Gasteiger partial charge on any atom is 0.271 e. The van der Waals surface area contributed by atoms with Crippen LogP contribution in [-0.2, 0) is 0 Å². The van der Waals surface area contributed by atoms with Gasteiger partial charge in [0.15, 0.2) is 0 Å². The Labute approximate surface area is 226 Å².